The lowest BCUT2D eigenvalue weighted by Gasteiger charge is -2.39. The first-order valence-electron chi connectivity index (χ1n) is 10.9. The molecule has 1 amide bonds. The number of benzene rings is 2. The van der Waals surface area contributed by atoms with E-state index in [4.69, 9.17) is 4.74 Å². The van der Waals surface area contributed by atoms with E-state index in [2.05, 4.69) is 34.5 Å². The summed E-state index contributed by atoms with van der Waals surface area (Å²) >= 11 is 0. The fourth-order valence-electron chi connectivity index (χ4n) is 4.44. The minimum atomic E-state index is -0.451. The molecule has 172 valence electrons. The second kappa shape index (κ2) is 9.83. The monoisotopic (exact) mass is 449 g/mol. The summed E-state index contributed by atoms with van der Waals surface area (Å²) in [6, 6.07) is 14.4. The van der Waals surface area contributed by atoms with Crippen LogP contribution < -0.4 is 10.1 Å². The Hall–Kier alpha value is -3.72. The van der Waals surface area contributed by atoms with E-state index in [1.165, 1.54) is 28.6 Å². The largest absolute Gasteiger partial charge is 0.497 e. The molecule has 0 aliphatic carbocycles. The van der Waals surface area contributed by atoms with Crippen LogP contribution in [0.2, 0.25) is 0 Å². The number of nitrogens with one attached hydrogen (secondary N) is 1. The quantitative estimate of drug-likeness (QED) is 0.437. The lowest BCUT2D eigenvalue weighted by Crippen LogP contribution is -2.41. The Morgan fingerprint density at radius 3 is 2.61 bits per heavy atom. The van der Waals surface area contributed by atoms with Crippen molar-refractivity contribution in [1.29, 1.82) is 0 Å². The third-order valence-electron chi connectivity index (χ3n) is 6.16. The molecule has 2 unspecified atom stereocenters. The van der Waals surface area contributed by atoms with Gasteiger partial charge in [-0.3, -0.25) is 19.8 Å². The molecule has 1 fully saturated rings. The number of likely N-dealkylation sites (tertiary alicyclic amines) is 1. The van der Waals surface area contributed by atoms with Gasteiger partial charge in [-0.1, -0.05) is 12.1 Å². The van der Waals surface area contributed by atoms with Crippen molar-refractivity contribution in [3.8, 4) is 11.4 Å². The van der Waals surface area contributed by atoms with Crippen LogP contribution in [0.1, 0.15) is 34.8 Å². The SMILES string of the molecule is COc1ccc(C2C(CNC(=O)c3cnn(-c4ccc([N+](=O)[O-])cc4)c3)CCCN2C)cc1. The Bertz CT molecular complexity index is 1110. The molecule has 2 heterocycles. The van der Waals surface area contributed by atoms with Crippen molar-refractivity contribution in [2.24, 2.45) is 5.92 Å². The number of aromatic nitrogens is 2. The summed E-state index contributed by atoms with van der Waals surface area (Å²) in [6.07, 6.45) is 5.25. The molecule has 2 aromatic carbocycles. The van der Waals surface area contributed by atoms with Gasteiger partial charge in [-0.25, -0.2) is 4.68 Å². The van der Waals surface area contributed by atoms with Gasteiger partial charge in [0.25, 0.3) is 11.6 Å². The molecule has 9 nitrogen and oxygen atoms in total. The zero-order valence-corrected chi connectivity index (χ0v) is 18.7. The molecule has 1 aromatic heterocycles. The van der Waals surface area contributed by atoms with E-state index in [0.29, 0.717) is 17.8 Å². The molecular formula is C24H27N5O4. The smallest absolute Gasteiger partial charge is 0.269 e. The zero-order chi connectivity index (χ0) is 23.4. The number of methoxy groups -OCH3 is 1. The number of rotatable bonds is 7. The molecule has 9 heteroatoms. The maximum atomic E-state index is 12.8. The zero-order valence-electron chi connectivity index (χ0n) is 18.7. The number of piperidine rings is 1. The van der Waals surface area contributed by atoms with Crippen molar-refractivity contribution in [1.82, 2.24) is 20.0 Å². The van der Waals surface area contributed by atoms with E-state index in [1.807, 2.05) is 12.1 Å². The van der Waals surface area contributed by atoms with E-state index in [-0.39, 0.29) is 23.6 Å². The van der Waals surface area contributed by atoms with Gasteiger partial charge in [0.05, 0.1) is 29.5 Å². The van der Waals surface area contributed by atoms with Crippen molar-refractivity contribution in [2.75, 3.05) is 27.2 Å². The molecule has 3 aromatic rings. The standard InChI is InChI=1S/C24H27N5O4/c1-27-13-3-4-18(23(27)17-5-11-22(33-2)12-6-17)14-25-24(30)19-15-26-28(16-19)20-7-9-21(10-8-20)29(31)32/h5-12,15-16,18,23H,3-4,13-14H2,1-2H3,(H,25,30). The van der Waals surface area contributed by atoms with Gasteiger partial charge in [-0.2, -0.15) is 5.10 Å². The Morgan fingerprint density at radius 1 is 1.21 bits per heavy atom. The molecule has 0 bridgehead atoms. The van der Waals surface area contributed by atoms with Crippen LogP contribution in [-0.2, 0) is 0 Å². The number of carbonyl (C=O) groups is 1. The fraction of sp³-hybridized carbons (Fsp3) is 0.333. The molecule has 1 aliphatic rings. The van der Waals surface area contributed by atoms with Crippen molar-refractivity contribution >= 4 is 11.6 Å². The summed E-state index contributed by atoms with van der Waals surface area (Å²) in [4.78, 5) is 25.5. The van der Waals surface area contributed by atoms with Gasteiger partial charge >= 0.3 is 0 Å². The van der Waals surface area contributed by atoms with Gasteiger partial charge in [0.1, 0.15) is 5.75 Å². The molecule has 0 radical (unpaired) electrons. The van der Waals surface area contributed by atoms with Crippen LogP contribution in [0.25, 0.3) is 5.69 Å². The van der Waals surface area contributed by atoms with Gasteiger partial charge in [0, 0.05) is 30.9 Å². The summed E-state index contributed by atoms with van der Waals surface area (Å²) < 4.78 is 6.81. The molecule has 0 spiro atoms. The Kier molecular flexibility index (Phi) is 6.69. The molecule has 1 saturated heterocycles. The van der Waals surface area contributed by atoms with Crippen LogP contribution in [0.3, 0.4) is 0 Å². The van der Waals surface area contributed by atoms with Crippen molar-refractivity contribution in [3.63, 3.8) is 0 Å². The van der Waals surface area contributed by atoms with E-state index in [9.17, 15) is 14.9 Å². The lowest BCUT2D eigenvalue weighted by atomic mass is 9.85. The number of nitro groups is 1. The normalized spacial score (nSPS) is 18.6. The predicted octanol–water partition coefficient (Wildman–Crippen LogP) is 3.60. The summed E-state index contributed by atoms with van der Waals surface area (Å²) in [6.45, 7) is 1.58. The molecule has 0 saturated carbocycles. The topological polar surface area (TPSA) is 103 Å². The second-order valence-electron chi connectivity index (χ2n) is 8.26. The summed E-state index contributed by atoms with van der Waals surface area (Å²) in [5.74, 6) is 0.919. The minimum absolute atomic E-state index is 0.00716. The summed E-state index contributed by atoms with van der Waals surface area (Å²) in [7, 11) is 3.78. The van der Waals surface area contributed by atoms with E-state index < -0.39 is 4.92 Å². The molecule has 2 atom stereocenters. The van der Waals surface area contributed by atoms with Crippen LogP contribution in [-0.4, -0.2) is 52.8 Å². The van der Waals surface area contributed by atoms with Gasteiger partial charge < -0.3 is 10.1 Å². The highest BCUT2D eigenvalue weighted by Crippen LogP contribution is 2.35. The second-order valence-corrected chi connectivity index (χ2v) is 8.26. The van der Waals surface area contributed by atoms with Crippen LogP contribution in [0, 0.1) is 16.0 Å². The van der Waals surface area contributed by atoms with Gasteiger partial charge in [0.15, 0.2) is 0 Å². The Morgan fingerprint density at radius 2 is 1.94 bits per heavy atom. The third kappa shape index (κ3) is 5.04. The highest BCUT2D eigenvalue weighted by molar-refractivity contribution is 5.93. The van der Waals surface area contributed by atoms with Crippen LogP contribution in [0.4, 0.5) is 5.69 Å². The van der Waals surface area contributed by atoms with E-state index >= 15 is 0 Å². The fourth-order valence-corrected chi connectivity index (χ4v) is 4.44. The third-order valence-corrected chi connectivity index (χ3v) is 6.16. The Balaban J connectivity index is 1.42. The van der Waals surface area contributed by atoms with Gasteiger partial charge in [-0.15, -0.1) is 0 Å². The number of nitrogens with zero attached hydrogens (tertiary/aromatic N) is 4. The molecule has 4 rings (SSSR count). The first-order chi connectivity index (χ1) is 16.0. The first kappa shape index (κ1) is 22.5. The van der Waals surface area contributed by atoms with Crippen molar-refractivity contribution in [2.45, 2.75) is 18.9 Å². The van der Waals surface area contributed by atoms with Crippen LogP contribution in [0.5, 0.6) is 5.75 Å². The number of amides is 1. The minimum Gasteiger partial charge on any atom is -0.497 e. The number of ether oxygens (including phenoxy) is 1. The average molecular weight is 450 g/mol. The number of hydrogen-bond donors (Lipinski definition) is 1. The molecular weight excluding hydrogens is 422 g/mol. The summed E-state index contributed by atoms with van der Waals surface area (Å²) in [5.41, 5.74) is 2.31. The lowest BCUT2D eigenvalue weighted by molar-refractivity contribution is -0.384. The Labute approximate surface area is 192 Å². The summed E-state index contributed by atoms with van der Waals surface area (Å²) in [5, 5.41) is 18.1. The predicted molar refractivity (Wildman–Crippen MR) is 124 cm³/mol. The highest BCUT2D eigenvalue weighted by atomic mass is 16.6. The molecule has 1 aliphatic heterocycles. The number of nitro benzene ring substituents is 1. The number of carbonyl (C=O) groups excluding carboxylic acids is 1. The van der Waals surface area contributed by atoms with Crippen molar-refractivity contribution < 1.29 is 14.5 Å². The number of hydrogen-bond acceptors (Lipinski definition) is 6. The maximum Gasteiger partial charge on any atom is 0.269 e. The first-order valence-corrected chi connectivity index (χ1v) is 10.9. The van der Waals surface area contributed by atoms with E-state index in [0.717, 1.165) is 25.1 Å². The van der Waals surface area contributed by atoms with E-state index in [1.54, 1.807) is 25.4 Å². The van der Waals surface area contributed by atoms with Crippen LogP contribution in [0.15, 0.2) is 60.9 Å². The molecule has 33 heavy (non-hydrogen) atoms. The average Bonchev–Trinajstić information content (AvgIpc) is 3.33. The molecule has 1 N–H and O–H groups in total. The number of non-ortho nitro benzene ring substituents is 1. The van der Waals surface area contributed by atoms with Crippen LogP contribution >= 0.6 is 0 Å². The maximum absolute atomic E-state index is 12.8. The van der Waals surface area contributed by atoms with Gasteiger partial charge in [0.2, 0.25) is 0 Å². The highest BCUT2D eigenvalue weighted by Gasteiger charge is 2.31. The van der Waals surface area contributed by atoms with Crippen molar-refractivity contribution in [3.05, 3.63) is 82.2 Å². The van der Waals surface area contributed by atoms with Gasteiger partial charge in [-0.05, 0) is 62.2 Å².